The van der Waals surface area contributed by atoms with Gasteiger partial charge in [0.05, 0.1) is 12.7 Å². The van der Waals surface area contributed by atoms with E-state index in [-0.39, 0.29) is 18.4 Å². The van der Waals surface area contributed by atoms with Crippen LogP contribution in [0.15, 0.2) is 24.6 Å². The molecule has 2 rings (SSSR count). The molecule has 6 heteroatoms. The Morgan fingerprint density at radius 2 is 2.50 bits per heavy atom. The summed E-state index contributed by atoms with van der Waals surface area (Å²) >= 11 is 1.85. The van der Waals surface area contributed by atoms with Crippen LogP contribution in [-0.4, -0.2) is 29.9 Å². The zero-order valence-electron chi connectivity index (χ0n) is 8.69. The number of allylic oxidation sites excluding steroid dienone is 1. The molecule has 2 aliphatic rings. The summed E-state index contributed by atoms with van der Waals surface area (Å²) in [5.41, 5.74) is 0.603. The van der Waals surface area contributed by atoms with E-state index in [0.717, 1.165) is 12.8 Å². The Morgan fingerprint density at radius 1 is 1.69 bits per heavy atom. The Hall–Kier alpha value is -0.600. The summed E-state index contributed by atoms with van der Waals surface area (Å²) in [6.45, 7) is 4.22. The number of carbonyl (C=O) groups is 1. The number of hydrogen-bond donors (Lipinski definition) is 1. The van der Waals surface area contributed by atoms with E-state index in [0.29, 0.717) is 12.3 Å². The minimum Gasteiger partial charge on any atom is -0.352 e. The van der Waals surface area contributed by atoms with Gasteiger partial charge in [-0.3, -0.25) is 4.90 Å². The lowest BCUT2D eigenvalue weighted by molar-refractivity contribution is -0.0275. The number of carbonyl (C=O) groups excluding carboxylic acids is 1. The van der Waals surface area contributed by atoms with E-state index in [9.17, 15) is 4.79 Å². The monoisotopic (exact) mass is 336 g/mol. The Bertz CT molecular complexity index is 332. The van der Waals surface area contributed by atoms with E-state index in [1.165, 1.54) is 0 Å². The molecule has 0 aromatic heterocycles. The molecule has 1 N–H and O–H groups in total. The van der Waals surface area contributed by atoms with Crippen LogP contribution in [0.5, 0.6) is 0 Å². The van der Waals surface area contributed by atoms with Gasteiger partial charge in [-0.25, -0.2) is 4.79 Å². The molecule has 0 aromatic carbocycles. The van der Waals surface area contributed by atoms with E-state index >= 15 is 0 Å². The van der Waals surface area contributed by atoms with Crippen LogP contribution in [0.2, 0.25) is 0 Å². The summed E-state index contributed by atoms with van der Waals surface area (Å²) in [6.07, 6.45) is 5.09. The normalized spacial score (nSPS) is 29.7. The zero-order valence-corrected chi connectivity index (χ0v) is 10.8. The third kappa shape index (κ3) is 2.55. The molecule has 5 nitrogen and oxygen atoms in total. The van der Waals surface area contributed by atoms with E-state index in [2.05, 4.69) is 11.9 Å². The van der Waals surface area contributed by atoms with Crippen LogP contribution in [-0.2, 0) is 7.80 Å². The standard InChI is InChI=1S/C10H13IN2O3/c1-7-4-5-13(10(14)12-7)9-3-2-8(16-9)6-15-11/h4-5,8-9H,1-3,6H2,(H,12,14). The van der Waals surface area contributed by atoms with Crippen molar-refractivity contribution < 1.29 is 12.6 Å². The summed E-state index contributed by atoms with van der Waals surface area (Å²) in [7, 11) is 0. The van der Waals surface area contributed by atoms with Crippen LogP contribution >= 0.6 is 23.0 Å². The molecule has 0 bridgehead atoms. The quantitative estimate of drug-likeness (QED) is 0.801. The fourth-order valence-corrected chi connectivity index (χ4v) is 2.19. The number of urea groups is 1. The first-order valence-electron chi connectivity index (χ1n) is 5.06. The minimum atomic E-state index is -0.194. The Balaban J connectivity index is 1.96. The van der Waals surface area contributed by atoms with Crippen LogP contribution < -0.4 is 5.32 Å². The average molecular weight is 336 g/mol. The highest BCUT2D eigenvalue weighted by Crippen LogP contribution is 2.25. The number of hydrogen-bond acceptors (Lipinski definition) is 3. The Morgan fingerprint density at radius 3 is 3.19 bits per heavy atom. The second-order valence-corrected chi connectivity index (χ2v) is 4.37. The summed E-state index contributed by atoms with van der Waals surface area (Å²) < 4.78 is 10.7. The van der Waals surface area contributed by atoms with Gasteiger partial charge in [0.2, 0.25) is 0 Å². The first-order valence-corrected chi connectivity index (χ1v) is 5.94. The number of amides is 2. The van der Waals surface area contributed by atoms with Gasteiger partial charge in [-0.15, -0.1) is 0 Å². The molecule has 2 atom stereocenters. The van der Waals surface area contributed by atoms with Gasteiger partial charge in [0, 0.05) is 11.9 Å². The van der Waals surface area contributed by atoms with Crippen molar-refractivity contribution in [1.29, 1.82) is 0 Å². The first-order chi connectivity index (χ1) is 7.70. The highest BCUT2D eigenvalue weighted by molar-refractivity contribution is 14.1. The van der Waals surface area contributed by atoms with Crippen molar-refractivity contribution in [2.24, 2.45) is 0 Å². The summed E-state index contributed by atoms with van der Waals surface area (Å²) in [5.74, 6) is 0. The molecule has 0 saturated carbocycles. The number of nitrogens with one attached hydrogen (secondary N) is 1. The van der Waals surface area contributed by atoms with Crippen molar-refractivity contribution in [3.05, 3.63) is 24.6 Å². The molecule has 16 heavy (non-hydrogen) atoms. The van der Waals surface area contributed by atoms with Gasteiger partial charge in [0.1, 0.15) is 29.2 Å². The van der Waals surface area contributed by atoms with Crippen molar-refractivity contribution in [2.45, 2.75) is 25.2 Å². The lowest BCUT2D eigenvalue weighted by Crippen LogP contribution is -2.44. The highest BCUT2D eigenvalue weighted by atomic mass is 127. The van der Waals surface area contributed by atoms with Crippen molar-refractivity contribution in [3.8, 4) is 0 Å². The number of halogens is 1. The largest absolute Gasteiger partial charge is 0.352 e. The molecule has 2 aliphatic heterocycles. The molecule has 0 aliphatic carbocycles. The third-order valence-corrected chi connectivity index (χ3v) is 2.94. The van der Waals surface area contributed by atoms with Crippen molar-refractivity contribution in [1.82, 2.24) is 10.2 Å². The number of nitrogens with zero attached hydrogens (tertiary/aromatic N) is 1. The fourth-order valence-electron chi connectivity index (χ4n) is 1.79. The zero-order chi connectivity index (χ0) is 11.5. The molecule has 2 heterocycles. The van der Waals surface area contributed by atoms with Crippen molar-refractivity contribution >= 4 is 29.0 Å². The van der Waals surface area contributed by atoms with Crippen LogP contribution in [0, 0.1) is 0 Å². The second kappa shape index (κ2) is 5.15. The van der Waals surface area contributed by atoms with Gasteiger partial charge in [-0.1, -0.05) is 6.58 Å². The van der Waals surface area contributed by atoms with Gasteiger partial charge in [-0.2, -0.15) is 0 Å². The lowest BCUT2D eigenvalue weighted by atomic mass is 10.2. The molecule has 2 unspecified atom stereocenters. The topological polar surface area (TPSA) is 50.8 Å². The van der Waals surface area contributed by atoms with Crippen LogP contribution in [0.3, 0.4) is 0 Å². The second-order valence-electron chi connectivity index (χ2n) is 3.74. The van der Waals surface area contributed by atoms with E-state index in [1.54, 1.807) is 17.2 Å². The van der Waals surface area contributed by atoms with Gasteiger partial charge in [0.25, 0.3) is 0 Å². The van der Waals surface area contributed by atoms with Crippen molar-refractivity contribution in [2.75, 3.05) is 6.61 Å². The van der Waals surface area contributed by atoms with Crippen LogP contribution in [0.25, 0.3) is 0 Å². The number of ether oxygens (including phenoxy) is 1. The maximum atomic E-state index is 11.6. The maximum absolute atomic E-state index is 11.6. The summed E-state index contributed by atoms with van der Waals surface area (Å²) in [4.78, 5) is 13.2. The smallest absolute Gasteiger partial charge is 0.327 e. The molecule has 0 spiro atoms. The number of rotatable bonds is 3. The predicted molar refractivity (Wildman–Crippen MR) is 66.5 cm³/mol. The predicted octanol–water partition coefficient (Wildman–Crippen LogP) is 1.91. The van der Waals surface area contributed by atoms with Crippen molar-refractivity contribution in [3.63, 3.8) is 0 Å². The minimum absolute atomic E-state index is 0.0771. The Kier molecular flexibility index (Phi) is 3.82. The first kappa shape index (κ1) is 11.9. The van der Waals surface area contributed by atoms with E-state index < -0.39 is 0 Å². The molecule has 0 radical (unpaired) electrons. The molecule has 88 valence electrons. The Labute approximate surface area is 108 Å². The van der Waals surface area contributed by atoms with Gasteiger partial charge in [0.15, 0.2) is 0 Å². The highest BCUT2D eigenvalue weighted by Gasteiger charge is 2.32. The summed E-state index contributed by atoms with van der Waals surface area (Å²) in [6, 6.07) is -0.187. The fraction of sp³-hybridized carbons (Fsp3) is 0.500. The van der Waals surface area contributed by atoms with E-state index in [1.807, 2.05) is 23.0 Å². The SMILES string of the molecule is C=C1C=CN(C2CCC(COI)O2)C(=O)N1. The molecule has 1 saturated heterocycles. The van der Waals surface area contributed by atoms with Crippen LogP contribution in [0.4, 0.5) is 4.79 Å². The molecule has 0 aromatic rings. The maximum Gasteiger partial charge on any atom is 0.327 e. The lowest BCUT2D eigenvalue weighted by Gasteiger charge is -2.28. The molecular weight excluding hydrogens is 323 g/mol. The average Bonchev–Trinajstić information content (AvgIpc) is 2.67. The molecular formula is C10H13IN2O3. The molecule has 1 fully saturated rings. The third-order valence-electron chi connectivity index (χ3n) is 2.58. The van der Waals surface area contributed by atoms with Gasteiger partial charge in [-0.05, 0) is 18.9 Å². The van der Waals surface area contributed by atoms with E-state index in [4.69, 9.17) is 7.80 Å². The molecule has 2 amide bonds. The van der Waals surface area contributed by atoms with Crippen LogP contribution in [0.1, 0.15) is 12.8 Å². The van der Waals surface area contributed by atoms with Gasteiger partial charge >= 0.3 is 6.03 Å². The summed E-state index contributed by atoms with van der Waals surface area (Å²) in [5, 5.41) is 2.65. The van der Waals surface area contributed by atoms with Gasteiger partial charge < -0.3 is 13.1 Å².